The fourth-order valence-electron chi connectivity index (χ4n) is 8.73. The number of alkyl halides is 4. The Morgan fingerprint density at radius 3 is 2.51 bits per heavy atom. The Morgan fingerprint density at radius 2 is 1.81 bits per heavy atom. The molecule has 2 aromatic heterocycles. The van der Waals surface area contributed by atoms with Crippen LogP contribution in [0, 0.1) is 18.6 Å². The van der Waals surface area contributed by atoms with E-state index in [2.05, 4.69) is 20.1 Å². The molecule has 4 fully saturated rings. The van der Waals surface area contributed by atoms with Gasteiger partial charge in [-0.2, -0.15) is 15.1 Å². The number of ether oxygens (including phenoxy) is 3. The van der Waals surface area contributed by atoms with Crippen molar-refractivity contribution in [2.45, 2.75) is 94.8 Å². The number of halogens is 6. The summed E-state index contributed by atoms with van der Waals surface area (Å²) in [5, 5.41) is 6.78. The smallest absolute Gasteiger partial charge is 0.461 e. The molecule has 4 aromatic rings. The first-order valence-corrected chi connectivity index (χ1v) is 18.1. The first-order chi connectivity index (χ1) is 25.0. The van der Waals surface area contributed by atoms with E-state index < -0.39 is 51.9 Å². The van der Waals surface area contributed by atoms with Gasteiger partial charge in [-0.15, -0.1) is 8.78 Å². The van der Waals surface area contributed by atoms with E-state index in [-0.39, 0.29) is 77.4 Å². The number of piperazine rings is 1. The minimum Gasteiger partial charge on any atom is -0.461 e. The molecule has 1 amide bonds. The van der Waals surface area contributed by atoms with Gasteiger partial charge >= 0.3 is 17.7 Å². The maximum absolute atomic E-state index is 17.2. The summed E-state index contributed by atoms with van der Waals surface area (Å²) in [6.45, 7) is 8.44. The highest BCUT2D eigenvalue weighted by Crippen LogP contribution is 2.47. The molecule has 17 heteroatoms. The Hall–Kier alpha value is -4.18. The second kappa shape index (κ2) is 12.7. The molecule has 1 N–H and O–H groups in total. The number of amides is 1. The van der Waals surface area contributed by atoms with Gasteiger partial charge in [0.25, 0.3) is 0 Å². The molecule has 0 aliphatic carbocycles. The molecule has 284 valence electrons. The molecule has 4 aliphatic rings. The largest absolute Gasteiger partial charge is 0.487 e. The fraction of sp³-hybridized carbons (Fsp3) is 0.556. The summed E-state index contributed by atoms with van der Waals surface area (Å²) in [6.07, 6.45) is 3.01. The first-order valence-electron chi connectivity index (χ1n) is 17.7. The molecule has 0 radical (unpaired) electrons. The van der Waals surface area contributed by atoms with E-state index in [0.29, 0.717) is 31.3 Å². The van der Waals surface area contributed by atoms with Gasteiger partial charge in [0.15, 0.2) is 5.82 Å². The molecule has 8 rings (SSSR count). The lowest BCUT2D eigenvalue weighted by molar-refractivity contribution is -0.0964. The van der Waals surface area contributed by atoms with E-state index in [1.54, 1.807) is 25.7 Å². The maximum Gasteiger partial charge on any atom is 0.487 e. The number of H-pyrrole nitrogens is 1. The van der Waals surface area contributed by atoms with Gasteiger partial charge in [-0.05, 0) is 77.6 Å². The Morgan fingerprint density at radius 1 is 1.08 bits per heavy atom. The van der Waals surface area contributed by atoms with E-state index in [4.69, 9.17) is 30.8 Å². The van der Waals surface area contributed by atoms with Gasteiger partial charge in [0.1, 0.15) is 41.3 Å². The molecule has 6 heterocycles. The van der Waals surface area contributed by atoms with Crippen LogP contribution in [0.1, 0.15) is 58.4 Å². The number of aromatic nitrogens is 4. The van der Waals surface area contributed by atoms with Crippen LogP contribution in [0.15, 0.2) is 18.3 Å². The van der Waals surface area contributed by atoms with Gasteiger partial charge in [0.2, 0.25) is 0 Å². The number of benzene rings is 2. The van der Waals surface area contributed by atoms with Crippen molar-refractivity contribution in [3.8, 4) is 22.9 Å². The molecule has 2 bridgehead atoms. The van der Waals surface area contributed by atoms with Gasteiger partial charge in [-0.25, -0.2) is 18.0 Å². The summed E-state index contributed by atoms with van der Waals surface area (Å²) in [5.74, 6) is -2.64. The van der Waals surface area contributed by atoms with Crippen molar-refractivity contribution < 1.29 is 41.0 Å². The Balaban J connectivity index is 1.26. The molecule has 0 spiro atoms. The van der Waals surface area contributed by atoms with Crippen LogP contribution in [0.25, 0.3) is 32.9 Å². The summed E-state index contributed by atoms with van der Waals surface area (Å²) in [4.78, 5) is 28.0. The summed E-state index contributed by atoms with van der Waals surface area (Å²) in [6, 6.07) is 1.77. The molecule has 4 saturated heterocycles. The van der Waals surface area contributed by atoms with Gasteiger partial charge in [0.05, 0.1) is 34.9 Å². The van der Waals surface area contributed by atoms with Crippen LogP contribution < -0.4 is 14.4 Å². The minimum absolute atomic E-state index is 0.00722. The molecule has 2 aromatic carbocycles. The average Bonchev–Trinajstić information content (AvgIpc) is 3.81. The minimum atomic E-state index is -4.20. The highest BCUT2D eigenvalue weighted by Gasteiger charge is 2.50. The van der Waals surface area contributed by atoms with Gasteiger partial charge in [-0.3, -0.25) is 14.9 Å². The number of aromatic amines is 1. The van der Waals surface area contributed by atoms with Crippen LogP contribution in [0.3, 0.4) is 0 Å². The summed E-state index contributed by atoms with van der Waals surface area (Å²) in [5.41, 5.74) is -6.40. The van der Waals surface area contributed by atoms with Crippen molar-refractivity contribution in [1.82, 2.24) is 30.0 Å². The lowest BCUT2D eigenvalue weighted by Crippen LogP contribution is -2.57. The Labute approximate surface area is 306 Å². The van der Waals surface area contributed by atoms with E-state index >= 15 is 8.78 Å². The van der Waals surface area contributed by atoms with Crippen LogP contribution in [0.4, 0.5) is 32.6 Å². The Bertz CT molecular complexity index is 2090. The fourth-order valence-corrected chi connectivity index (χ4v) is 8.81. The quantitative estimate of drug-likeness (QED) is 0.152. The second-order valence-electron chi connectivity index (χ2n) is 15.6. The van der Waals surface area contributed by atoms with Crippen LogP contribution in [-0.2, 0) is 4.74 Å². The third-order valence-corrected chi connectivity index (χ3v) is 10.9. The van der Waals surface area contributed by atoms with Crippen molar-refractivity contribution >= 4 is 45.3 Å². The monoisotopic (exact) mass is 763 g/mol. The Kier molecular flexibility index (Phi) is 8.59. The number of rotatable bonds is 7. The second-order valence-corrected chi connectivity index (χ2v) is 16.0. The van der Waals surface area contributed by atoms with Gasteiger partial charge in [0, 0.05) is 54.0 Å². The summed E-state index contributed by atoms with van der Waals surface area (Å²) in [7, 11) is 0. The topological polar surface area (TPSA) is 109 Å². The van der Waals surface area contributed by atoms with E-state index in [1.165, 1.54) is 19.2 Å². The number of nitrogens with one attached hydrogen (secondary N) is 1. The molecule has 4 atom stereocenters. The first kappa shape index (κ1) is 35.8. The number of carbonyl (C=O) groups is 1. The third kappa shape index (κ3) is 6.44. The maximum atomic E-state index is 17.2. The van der Waals surface area contributed by atoms with Crippen molar-refractivity contribution in [2.75, 3.05) is 37.7 Å². The molecular weight excluding hydrogens is 725 g/mol. The molecule has 53 heavy (non-hydrogen) atoms. The van der Waals surface area contributed by atoms with Crippen molar-refractivity contribution in [2.24, 2.45) is 0 Å². The number of aryl methyl sites for hydroxylation is 1. The molecule has 0 unspecified atom stereocenters. The standard InChI is InChI=1S/C36H39ClF5N7O4/c1-18-10-25-23(13-43-46-25)26(30(18)52-36(37,41)42)27-24(39)11-22-29(28(27)40)44-32(51-17-35-8-5-9-48(35)14-19(38)12-35)45-31(22)47-15-20-6-7-21(16-47)49(20)33(50)53-34(2,3)4/h10-11,13,19-21H,5-9,12,14-17H2,1-4H3,(H,43,46)/t19-,20-,21+,35+/m1/s1. The number of fused-ring (bicyclic) bond motifs is 5. The number of hydrogen-bond donors (Lipinski definition) is 1. The van der Waals surface area contributed by atoms with Gasteiger partial charge < -0.3 is 19.1 Å². The van der Waals surface area contributed by atoms with Crippen LogP contribution in [0.2, 0.25) is 0 Å². The molecule has 4 aliphatic heterocycles. The van der Waals surface area contributed by atoms with E-state index in [1.807, 2.05) is 4.90 Å². The molecule has 0 saturated carbocycles. The third-order valence-electron chi connectivity index (χ3n) is 10.8. The van der Waals surface area contributed by atoms with Gasteiger partial charge in [-0.1, -0.05) is 0 Å². The lowest BCUT2D eigenvalue weighted by Gasteiger charge is -2.42. The SMILES string of the molecule is Cc1cc2[nH]ncc2c(-c2c(F)cc3c(N4C[C@H]5CC[C@@H](C4)N5C(=O)OC(C)(C)C)nc(OC[C@@]45CCCN4C[C@H](F)C5)nc3c2F)c1OC(F)(F)Cl. The average molecular weight is 764 g/mol. The number of anilines is 1. The predicted molar refractivity (Wildman–Crippen MR) is 186 cm³/mol. The van der Waals surface area contributed by atoms with E-state index in [0.717, 1.165) is 19.0 Å². The highest BCUT2D eigenvalue weighted by atomic mass is 35.5. The predicted octanol–water partition coefficient (Wildman–Crippen LogP) is 7.47. The number of carbonyl (C=O) groups excluding carboxylic acids is 1. The van der Waals surface area contributed by atoms with Crippen LogP contribution in [-0.4, -0.2) is 104 Å². The zero-order chi connectivity index (χ0) is 37.6. The van der Waals surface area contributed by atoms with Crippen molar-refractivity contribution in [3.63, 3.8) is 0 Å². The molecule has 11 nitrogen and oxygen atoms in total. The highest BCUT2D eigenvalue weighted by molar-refractivity contribution is 6.21. The number of nitrogens with zero attached hydrogens (tertiary/aromatic N) is 6. The summed E-state index contributed by atoms with van der Waals surface area (Å²) >= 11 is 5.18. The normalized spacial score (nSPS) is 24.8. The lowest BCUT2D eigenvalue weighted by atomic mass is 9.95. The summed E-state index contributed by atoms with van der Waals surface area (Å²) < 4.78 is 93.4. The van der Waals surface area contributed by atoms with E-state index in [9.17, 15) is 18.0 Å². The van der Waals surface area contributed by atoms with Crippen molar-refractivity contribution in [1.29, 1.82) is 0 Å². The van der Waals surface area contributed by atoms with Crippen molar-refractivity contribution in [3.05, 3.63) is 35.5 Å². The zero-order valence-corrected chi connectivity index (χ0v) is 30.4. The van der Waals surface area contributed by atoms with Crippen LogP contribution >= 0.6 is 11.6 Å². The number of hydrogen-bond acceptors (Lipinski definition) is 9. The zero-order valence-electron chi connectivity index (χ0n) is 29.6. The molecular formula is C36H39ClF5N7O4. The van der Waals surface area contributed by atoms with Crippen LogP contribution in [0.5, 0.6) is 11.8 Å².